The summed E-state index contributed by atoms with van der Waals surface area (Å²) in [5.74, 6) is -0.988. The molecule has 0 aliphatic rings. The number of hydrogen-bond donors (Lipinski definition) is 1. The van der Waals surface area contributed by atoms with Crippen molar-refractivity contribution >= 4 is 28.5 Å². The number of hydrogen-bond acceptors (Lipinski definition) is 5. The summed E-state index contributed by atoms with van der Waals surface area (Å²) in [4.78, 5) is 37.7. The summed E-state index contributed by atoms with van der Waals surface area (Å²) in [6, 6.07) is 23.3. The van der Waals surface area contributed by atoms with Crippen LogP contribution in [0.1, 0.15) is 23.7 Å². The zero-order valence-corrected chi connectivity index (χ0v) is 18.1. The molecule has 166 valence electrons. The van der Waals surface area contributed by atoms with Crippen molar-refractivity contribution in [2.45, 2.75) is 26.0 Å². The molecule has 0 aliphatic heterocycles. The molecule has 0 spiro atoms. The van der Waals surface area contributed by atoms with Crippen LogP contribution in [0.4, 0.5) is 5.69 Å². The van der Waals surface area contributed by atoms with Crippen LogP contribution in [0.5, 0.6) is 0 Å². The lowest BCUT2D eigenvalue weighted by Gasteiger charge is -2.18. The second-order valence-electron chi connectivity index (χ2n) is 7.63. The Hall–Kier alpha value is -4.26. The zero-order valence-electron chi connectivity index (χ0n) is 18.1. The number of esters is 1. The standard InChI is InChI=1S/C26H23N3O4/c1-18-11-13-20(14-12-18)28-26(32)25(19-7-3-2-4-8-19)33-24(31)15-16-29-22-10-6-5-9-21(22)23(30)17-27-29/h2-14,17,25H,15-16H2,1H3,(H,28,32). The Morgan fingerprint density at radius 2 is 1.67 bits per heavy atom. The Morgan fingerprint density at radius 1 is 0.970 bits per heavy atom. The number of nitrogens with one attached hydrogen (secondary N) is 1. The Balaban J connectivity index is 1.49. The van der Waals surface area contributed by atoms with E-state index in [0.29, 0.717) is 22.2 Å². The average molecular weight is 441 g/mol. The molecule has 7 nitrogen and oxygen atoms in total. The van der Waals surface area contributed by atoms with E-state index in [1.807, 2.05) is 25.1 Å². The minimum atomic E-state index is -1.10. The van der Waals surface area contributed by atoms with Gasteiger partial charge in [0.05, 0.1) is 24.7 Å². The first-order valence-corrected chi connectivity index (χ1v) is 10.6. The maximum atomic E-state index is 13.0. The number of aromatic nitrogens is 2. The van der Waals surface area contributed by atoms with Gasteiger partial charge < -0.3 is 10.1 Å². The van der Waals surface area contributed by atoms with Crippen LogP contribution in [-0.4, -0.2) is 21.7 Å². The van der Waals surface area contributed by atoms with Gasteiger partial charge in [-0.25, -0.2) is 0 Å². The maximum Gasteiger partial charge on any atom is 0.308 e. The second kappa shape index (κ2) is 9.91. The number of fused-ring (bicyclic) bond motifs is 1. The summed E-state index contributed by atoms with van der Waals surface area (Å²) < 4.78 is 7.18. The van der Waals surface area contributed by atoms with Crippen LogP contribution in [0.25, 0.3) is 10.9 Å². The Bertz CT molecular complexity index is 1330. The largest absolute Gasteiger partial charge is 0.447 e. The van der Waals surface area contributed by atoms with Crippen LogP contribution in [0, 0.1) is 6.92 Å². The van der Waals surface area contributed by atoms with Crippen LogP contribution >= 0.6 is 0 Å². The van der Waals surface area contributed by atoms with E-state index in [0.717, 1.165) is 5.56 Å². The van der Waals surface area contributed by atoms with Crippen molar-refractivity contribution < 1.29 is 14.3 Å². The molecule has 0 fully saturated rings. The first-order valence-electron chi connectivity index (χ1n) is 10.6. The maximum absolute atomic E-state index is 13.0. The number of anilines is 1. The Kier molecular flexibility index (Phi) is 6.59. The van der Waals surface area contributed by atoms with Crippen molar-refractivity contribution in [3.63, 3.8) is 0 Å². The van der Waals surface area contributed by atoms with E-state index in [4.69, 9.17) is 4.74 Å². The lowest BCUT2D eigenvalue weighted by atomic mass is 10.1. The molecule has 0 aliphatic carbocycles. The molecule has 3 aromatic carbocycles. The molecule has 1 amide bonds. The quantitative estimate of drug-likeness (QED) is 0.438. The number of carbonyl (C=O) groups excluding carboxylic acids is 2. The van der Waals surface area contributed by atoms with E-state index >= 15 is 0 Å². The van der Waals surface area contributed by atoms with Crippen molar-refractivity contribution in [2.75, 3.05) is 5.32 Å². The van der Waals surface area contributed by atoms with Gasteiger partial charge in [-0.15, -0.1) is 0 Å². The Labute approximate surface area is 190 Å². The number of amides is 1. The molecule has 0 saturated carbocycles. The van der Waals surface area contributed by atoms with E-state index < -0.39 is 18.0 Å². The van der Waals surface area contributed by atoms with Gasteiger partial charge in [-0.1, -0.05) is 60.2 Å². The topological polar surface area (TPSA) is 90.3 Å². The van der Waals surface area contributed by atoms with Gasteiger partial charge in [-0.05, 0) is 31.2 Å². The van der Waals surface area contributed by atoms with Crippen LogP contribution < -0.4 is 10.7 Å². The summed E-state index contributed by atoms with van der Waals surface area (Å²) in [6.45, 7) is 2.17. The fraction of sp³-hybridized carbons (Fsp3) is 0.154. The predicted octanol–water partition coefficient (Wildman–Crippen LogP) is 4.02. The van der Waals surface area contributed by atoms with Crippen LogP contribution in [-0.2, 0) is 20.9 Å². The number of benzene rings is 3. The van der Waals surface area contributed by atoms with Gasteiger partial charge in [0.1, 0.15) is 0 Å². The van der Waals surface area contributed by atoms with Gasteiger partial charge in [0.15, 0.2) is 0 Å². The van der Waals surface area contributed by atoms with Crippen molar-refractivity contribution in [3.8, 4) is 0 Å². The summed E-state index contributed by atoms with van der Waals surface area (Å²) in [6.07, 6.45) is 0.120. The van der Waals surface area contributed by atoms with E-state index in [-0.39, 0.29) is 18.4 Å². The van der Waals surface area contributed by atoms with E-state index in [2.05, 4.69) is 10.4 Å². The zero-order chi connectivity index (χ0) is 23.2. The highest BCUT2D eigenvalue weighted by Crippen LogP contribution is 2.21. The predicted molar refractivity (Wildman–Crippen MR) is 126 cm³/mol. The monoisotopic (exact) mass is 441 g/mol. The number of carbonyl (C=O) groups is 2. The van der Waals surface area contributed by atoms with Gasteiger partial charge in [0, 0.05) is 16.6 Å². The molecule has 1 aromatic heterocycles. The molecular formula is C26H23N3O4. The average Bonchev–Trinajstić information content (AvgIpc) is 2.84. The number of ether oxygens (including phenoxy) is 1. The summed E-state index contributed by atoms with van der Waals surface area (Å²) in [7, 11) is 0. The van der Waals surface area contributed by atoms with Gasteiger partial charge in [-0.3, -0.25) is 19.1 Å². The molecule has 1 atom stereocenters. The van der Waals surface area contributed by atoms with Crippen molar-refractivity contribution in [1.29, 1.82) is 0 Å². The highest BCUT2D eigenvalue weighted by molar-refractivity contribution is 5.96. The molecule has 0 radical (unpaired) electrons. The first-order chi connectivity index (χ1) is 16.0. The lowest BCUT2D eigenvalue weighted by molar-refractivity contribution is -0.155. The second-order valence-corrected chi connectivity index (χ2v) is 7.63. The molecular weight excluding hydrogens is 418 g/mol. The fourth-order valence-electron chi connectivity index (χ4n) is 3.47. The molecule has 1 unspecified atom stereocenters. The summed E-state index contributed by atoms with van der Waals surface area (Å²) >= 11 is 0. The minimum Gasteiger partial charge on any atom is -0.447 e. The van der Waals surface area contributed by atoms with E-state index in [1.54, 1.807) is 65.3 Å². The van der Waals surface area contributed by atoms with Gasteiger partial charge in [0.2, 0.25) is 11.5 Å². The molecule has 0 saturated heterocycles. The highest BCUT2D eigenvalue weighted by Gasteiger charge is 2.25. The van der Waals surface area contributed by atoms with Crippen LogP contribution in [0.15, 0.2) is 89.9 Å². The van der Waals surface area contributed by atoms with Crippen LogP contribution in [0.3, 0.4) is 0 Å². The van der Waals surface area contributed by atoms with Crippen molar-refractivity contribution in [2.24, 2.45) is 0 Å². The molecule has 0 bridgehead atoms. The van der Waals surface area contributed by atoms with E-state index in [9.17, 15) is 14.4 Å². The van der Waals surface area contributed by atoms with Crippen LogP contribution in [0.2, 0.25) is 0 Å². The minimum absolute atomic E-state index is 0.0129. The normalized spacial score (nSPS) is 11.7. The number of para-hydroxylation sites is 1. The van der Waals surface area contributed by atoms with E-state index in [1.165, 1.54) is 6.20 Å². The van der Waals surface area contributed by atoms with Crippen molar-refractivity contribution in [3.05, 3.63) is 106 Å². The fourth-order valence-corrected chi connectivity index (χ4v) is 3.47. The molecule has 33 heavy (non-hydrogen) atoms. The van der Waals surface area contributed by atoms with Gasteiger partial charge in [-0.2, -0.15) is 5.10 Å². The van der Waals surface area contributed by atoms with Crippen molar-refractivity contribution in [1.82, 2.24) is 9.78 Å². The smallest absolute Gasteiger partial charge is 0.308 e. The molecule has 1 heterocycles. The number of nitrogens with zero attached hydrogens (tertiary/aromatic N) is 2. The molecule has 7 heteroatoms. The molecule has 4 rings (SSSR count). The number of aryl methyl sites for hydroxylation is 2. The van der Waals surface area contributed by atoms with Gasteiger partial charge in [0.25, 0.3) is 5.91 Å². The number of rotatable bonds is 7. The lowest BCUT2D eigenvalue weighted by Crippen LogP contribution is -2.26. The SMILES string of the molecule is Cc1ccc(NC(=O)C(OC(=O)CCn2ncc(=O)c3ccccc32)c2ccccc2)cc1. The summed E-state index contributed by atoms with van der Waals surface area (Å²) in [5, 5.41) is 7.47. The first kappa shape index (κ1) is 22.0. The van der Waals surface area contributed by atoms with Gasteiger partial charge >= 0.3 is 5.97 Å². The molecule has 1 N–H and O–H groups in total. The summed E-state index contributed by atoms with van der Waals surface area (Å²) in [5.41, 5.74) is 2.72. The Morgan fingerprint density at radius 3 is 2.42 bits per heavy atom. The third-order valence-electron chi connectivity index (χ3n) is 5.20. The molecule has 4 aromatic rings. The third kappa shape index (κ3) is 5.33. The highest BCUT2D eigenvalue weighted by atomic mass is 16.5. The third-order valence-corrected chi connectivity index (χ3v) is 5.20.